The van der Waals surface area contributed by atoms with E-state index in [1.165, 1.54) is 37.7 Å². The van der Waals surface area contributed by atoms with Crippen molar-refractivity contribution in [3.63, 3.8) is 0 Å². The summed E-state index contributed by atoms with van der Waals surface area (Å²) in [6, 6.07) is 8.87. The van der Waals surface area contributed by atoms with E-state index in [1.54, 1.807) is 12.1 Å². The lowest BCUT2D eigenvalue weighted by Gasteiger charge is -2.29. The molecule has 164 valence electrons. The normalized spacial score (nSPS) is 20.9. The first kappa shape index (κ1) is 22.8. The van der Waals surface area contributed by atoms with E-state index in [1.807, 2.05) is 12.1 Å². The van der Waals surface area contributed by atoms with Crippen LogP contribution in [0.4, 0.5) is 22.0 Å². The highest BCUT2D eigenvalue weighted by Crippen LogP contribution is 2.39. The van der Waals surface area contributed by atoms with Gasteiger partial charge in [0.2, 0.25) is 0 Å². The summed E-state index contributed by atoms with van der Waals surface area (Å²) in [5, 5.41) is 0. The molecule has 1 fully saturated rings. The van der Waals surface area contributed by atoms with E-state index in [4.69, 9.17) is 0 Å². The van der Waals surface area contributed by atoms with E-state index in [0.29, 0.717) is 11.5 Å². The second-order valence-corrected chi connectivity index (χ2v) is 8.74. The molecule has 1 aliphatic rings. The third-order valence-corrected chi connectivity index (χ3v) is 6.65. The van der Waals surface area contributed by atoms with E-state index in [0.717, 1.165) is 36.8 Å². The summed E-state index contributed by atoms with van der Waals surface area (Å²) in [6.45, 7) is 4.54. The lowest BCUT2D eigenvalue weighted by molar-refractivity contribution is -0.142. The van der Waals surface area contributed by atoms with Crippen molar-refractivity contribution in [2.24, 2.45) is 11.8 Å². The molecule has 0 amide bonds. The Balaban J connectivity index is 1.65. The summed E-state index contributed by atoms with van der Waals surface area (Å²) < 4.78 is 66.0. The number of rotatable bonds is 6. The maximum absolute atomic E-state index is 13.9. The molecule has 0 radical (unpaired) electrons. The summed E-state index contributed by atoms with van der Waals surface area (Å²) in [4.78, 5) is 0. The van der Waals surface area contributed by atoms with Gasteiger partial charge in [-0.2, -0.15) is 13.2 Å². The minimum Gasteiger partial charge on any atom is -0.206 e. The Hall–Kier alpha value is -1.91. The summed E-state index contributed by atoms with van der Waals surface area (Å²) in [5.41, 5.74) is -0.0363. The quantitative estimate of drug-likeness (QED) is 0.407. The summed E-state index contributed by atoms with van der Waals surface area (Å²) in [5.74, 6) is -1.11. The number of halogens is 5. The molecule has 0 spiro atoms. The van der Waals surface area contributed by atoms with Gasteiger partial charge in [0.05, 0.1) is 0 Å². The maximum atomic E-state index is 13.9. The maximum Gasteiger partial charge on any atom is 0.422 e. The van der Waals surface area contributed by atoms with Crippen molar-refractivity contribution in [2.75, 3.05) is 0 Å². The smallest absolute Gasteiger partial charge is 0.206 e. The first-order chi connectivity index (χ1) is 14.2. The van der Waals surface area contributed by atoms with Crippen LogP contribution in [0.25, 0.3) is 11.1 Å². The molecule has 0 bridgehead atoms. The summed E-state index contributed by atoms with van der Waals surface area (Å²) in [6.07, 6.45) is 3.48. The number of benzene rings is 2. The van der Waals surface area contributed by atoms with Gasteiger partial charge in [-0.3, -0.25) is 0 Å². The van der Waals surface area contributed by atoms with Crippen LogP contribution in [0.2, 0.25) is 0 Å². The van der Waals surface area contributed by atoms with E-state index < -0.39 is 23.4 Å². The Morgan fingerprint density at radius 1 is 0.900 bits per heavy atom. The molecule has 0 saturated heterocycles. The van der Waals surface area contributed by atoms with E-state index >= 15 is 0 Å². The molecule has 2 aromatic rings. The predicted octanol–water partition coefficient (Wildman–Crippen LogP) is 8.75. The lowest BCUT2D eigenvalue weighted by Crippen LogP contribution is -2.14. The third-order valence-electron chi connectivity index (χ3n) is 6.65. The zero-order valence-electron chi connectivity index (χ0n) is 17.5. The highest BCUT2D eigenvalue weighted by Gasteiger charge is 2.38. The standard InChI is InChI=1S/C25H29F5/c1-3-16(2)4-5-17-6-8-18(9-7-17)19-10-12-20(13-11-19)21-14-22(26)24(23(27)15-21)25(28,29)30/h10-18H,3-9H2,1-2H3. The Bertz CT molecular complexity index is 807. The monoisotopic (exact) mass is 424 g/mol. The molecule has 3 rings (SSSR count). The zero-order chi connectivity index (χ0) is 21.9. The van der Waals surface area contributed by atoms with Gasteiger partial charge in [0.25, 0.3) is 0 Å². The van der Waals surface area contributed by atoms with Crippen LogP contribution in [0.15, 0.2) is 36.4 Å². The molecule has 1 atom stereocenters. The van der Waals surface area contributed by atoms with Crippen LogP contribution in [-0.2, 0) is 6.18 Å². The average Bonchev–Trinajstić information content (AvgIpc) is 2.71. The van der Waals surface area contributed by atoms with Gasteiger partial charge in [-0.1, -0.05) is 57.4 Å². The molecule has 0 heterocycles. The minimum atomic E-state index is -5.05. The van der Waals surface area contributed by atoms with Crippen LogP contribution in [0.5, 0.6) is 0 Å². The fourth-order valence-electron chi connectivity index (χ4n) is 4.47. The SMILES string of the molecule is CCC(C)CCC1CCC(c2ccc(-c3cc(F)c(C(F)(F)F)c(F)c3)cc2)CC1. The number of hydrogen-bond acceptors (Lipinski definition) is 0. The number of hydrogen-bond donors (Lipinski definition) is 0. The highest BCUT2D eigenvalue weighted by atomic mass is 19.4. The average molecular weight is 424 g/mol. The van der Waals surface area contributed by atoms with Crippen molar-refractivity contribution in [3.05, 3.63) is 59.2 Å². The fourth-order valence-corrected chi connectivity index (χ4v) is 4.47. The van der Waals surface area contributed by atoms with Crippen molar-refractivity contribution in [3.8, 4) is 11.1 Å². The molecular formula is C25H29F5. The van der Waals surface area contributed by atoms with Crippen LogP contribution in [0, 0.1) is 23.5 Å². The van der Waals surface area contributed by atoms with Crippen molar-refractivity contribution in [1.82, 2.24) is 0 Å². The van der Waals surface area contributed by atoms with Crippen molar-refractivity contribution >= 4 is 0 Å². The third kappa shape index (κ3) is 5.41. The molecule has 0 N–H and O–H groups in total. The van der Waals surface area contributed by atoms with E-state index in [9.17, 15) is 22.0 Å². The van der Waals surface area contributed by atoms with Gasteiger partial charge in [-0.25, -0.2) is 8.78 Å². The van der Waals surface area contributed by atoms with Crippen molar-refractivity contribution in [1.29, 1.82) is 0 Å². The Labute approximate surface area is 175 Å². The van der Waals surface area contributed by atoms with Gasteiger partial charge in [-0.05, 0) is 72.3 Å². The van der Waals surface area contributed by atoms with Crippen molar-refractivity contribution < 1.29 is 22.0 Å². The fraction of sp³-hybridized carbons (Fsp3) is 0.520. The molecular weight excluding hydrogens is 395 g/mol. The Morgan fingerprint density at radius 3 is 1.97 bits per heavy atom. The minimum absolute atomic E-state index is 0.110. The van der Waals surface area contributed by atoms with Crippen LogP contribution < -0.4 is 0 Å². The topological polar surface area (TPSA) is 0 Å². The van der Waals surface area contributed by atoms with Gasteiger partial charge in [0.1, 0.15) is 17.2 Å². The van der Waals surface area contributed by atoms with Crippen LogP contribution in [-0.4, -0.2) is 0 Å². The van der Waals surface area contributed by atoms with E-state index in [2.05, 4.69) is 13.8 Å². The Morgan fingerprint density at radius 2 is 1.47 bits per heavy atom. The molecule has 0 nitrogen and oxygen atoms in total. The second-order valence-electron chi connectivity index (χ2n) is 8.74. The summed E-state index contributed by atoms with van der Waals surface area (Å²) >= 11 is 0. The second kappa shape index (κ2) is 9.49. The predicted molar refractivity (Wildman–Crippen MR) is 110 cm³/mol. The number of alkyl halides is 3. The molecule has 5 heteroatoms. The molecule has 30 heavy (non-hydrogen) atoms. The highest BCUT2D eigenvalue weighted by molar-refractivity contribution is 5.64. The van der Waals surface area contributed by atoms with E-state index in [-0.39, 0.29) is 5.56 Å². The van der Waals surface area contributed by atoms with Gasteiger partial charge in [-0.15, -0.1) is 0 Å². The largest absolute Gasteiger partial charge is 0.422 e. The van der Waals surface area contributed by atoms with Gasteiger partial charge in [0, 0.05) is 0 Å². The van der Waals surface area contributed by atoms with Crippen molar-refractivity contribution in [2.45, 2.75) is 70.9 Å². The molecule has 0 aromatic heterocycles. The molecule has 0 aliphatic heterocycles. The van der Waals surface area contributed by atoms with Crippen LogP contribution >= 0.6 is 0 Å². The zero-order valence-corrected chi connectivity index (χ0v) is 17.5. The Kier molecular flexibility index (Phi) is 7.20. The lowest BCUT2D eigenvalue weighted by atomic mass is 9.76. The molecule has 1 aliphatic carbocycles. The summed E-state index contributed by atoms with van der Waals surface area (Å²) in [7, 11) is 0. The molecule has 1 saturated carbocycles. The first-order valence-electron chi connectivity index (χ1n) is 10.9. The van der Waals surface area contributed by atoms with Crippen LogP contribution in [0.3, 0.4) is 0 Å². The van der Waals surface area contributed by atoms with Crippen LogP contribution in [0.1, 0.15) is 75.8 Å². The molecule has 2 aromatic carbocycles. The van der Waals surface area contributed by atoms with Gasteiger partial charge >= 0.3 is 6.18 Å². The van der Waals surface area contributed by atoms with Gasteiger partial charge in [0.15, 0.2) is 0 Å². The molecule has 1 unspecified atom stereocenters. The first-order valence-corrected chi connectivity index (χ1v) is 10.9. The van der Waals surface area contributed by atoms with Gasteiger partial charge < -0.3 is 0 Å².